The molecule has 0 radical (unpaired) electrons. The van der Waals surface area contributed by atoms with Crippen molar-refractivity contribution in [3.63, 3.8) is 0 Å². The number of halogens is 1. The van der Waals surface area contributed by atoms with Gasteiger partial charge >= 0.3 is 0 Å². The van der Waals surface area contributed by atoms with Crippen LogP contribution in [-0.4, -0.2) is 26.8 Å². The molecular formula is C16H17FN6. The van der Waals surface area contributed by atoms with Crippen molar-refractivity contribution >= 4 is 11.5 Å². The third kappa shape index (κ3) is 2.98. The van der Waals surface area contributed by atoms with Crippen LogP contribution < -0.4 is 10.6 Å². The molecule has 3 rings (SSSR count). The van der Waals surface area contributed by atoms with Crippen LogP contribution in [0.15, 0.2) is 43.0 Å². The van der Waals surface area contributed by atoms with Crippen molar-refractivity contribution in [3.8, 4) is 5.82 Å². The Balaban J connectivity index is 1.89. The molecule has 2 aromatic heterocycles. The van der Waals surface area contributed by atoms with Crippen molar-refractivity contribution < 1.29 is 4.39 Å². The molecule has 0 atom stereocenters. The van der Waals surface area contributed by atoms with Crippen LogP contribution in [0.2, 0.25) is 0 Å². The number of hydrogen-bond acceptors (Lipinski definition) is 5. The molecule has 0 saturated heterocycles. The van der Waals surface area contributed by atoms with Crippen LogP contribution in [0, 0.1) is 12.7 Å². The molecule has 1 aromatic carbocycles. The van der Waals surface area contributed by atoms with Gasteiger partial charge in [0.2, 0.25) is 0 Å². The van der Waals surface area contributed by atoms with Gasteiger partial charge < -0.3 is 10.6 Å². The van der Waals surface area contributed by atoms with E-state index in [0.29, 0.717) is 29.4 Å². The molecule has 0 aliphatic rings. The van der Waals surface area contributed by atoms with Gasteiger partial charge in [-0.2, -0.15) is 5.10 Å². The molecule has 0 aliphatic heterocycles. The van der Waals surface area contributed by atoms with E-state index >= 15 is 0 Å². The molecule has 0 spiro atoms. The standard InChI is InChI=1S/C16H17FN6/c1-11-4-5-12(8-13(11)17)9-22(2)15-14(18)16(20-10-19-15)23-7-3-6-21-23/h3-8,10H,9,18H2,1-2H3. The highest BCUT2D eigenvalue weighted by molar-refractivity contribution is 5.69. The van der Waals surface area contributed by atoms with Crippen LogP contribution in [-0.2, 0) is 6.54 Å². The van der Waals surface area contributed by atoms with Crippen LogP contribution in [0.5, 0.6) is 0 Å². The fraction of sp³-hybridized carbons (Fsp3) is 0.188. The largest absolute Gasteiger partial charge is 0.393 e. The average molecular weight is 312 g/mol. The first-order chi connectivity index (χ1) is 11.1. The lowest BCUT2D eigenvalue weighted by atomic mass is 10.1. The van der Waals surface area contributed by atoms with Crippen LogP contribution in [0.4, 0.5) is 15.9 Å². The molecule has 0 amide bonds. The predicted octanol–water partition coefficient (Wildman–Crippen LogP) is 2.33. The highest BCUT2D eigenvalue weighted by atomic mass is 19.1. The van der Waals surface area contributed by atoms with Gasteiger partial charge in [-0.3, -0.25) is 0 Å². The predicted molar refractivity (Wildman–Crippen MR) is 86.8 cm³/mol. The maximum atomic E-state index is 13.7. The van der Waals surface area contributed by atoms with Gasteiger partial charge in [-0.05, 0) is 30.2 Å². The summed E-state index contributed by atoms with van der Waals surface area (Å²) in [6.07, 6.45) is 4.85. The second-order valence-corrected chi connectivity index (χ2v) is 5.32. The third-order valence-electron chi connectivity index (χ3n) is 3.58. The maximum Gasteiger partial charge on any atom is 0.181 e. The van der Waals surface area contributed by atoms with Crippen molar-refractivity contribution in [1.82, 2.24) is 19.7 Å². The van der Waals surface area contributed by atoms with Gasteiger partial charge in [-0.25, -0.2) is 19.0 Å². The lowest BCUT2D eigenvalue weighted by Crippen LogP contribution is -2.20. The summed E-state index contributed by atoms with van der Waals surface area (Å²) >= 11 is 0. The normalized spacial score (nSPS) is 10.7. The number of benzene rings is 1. The first kappa shape index (κ1) is 15.0. The van der Waals surface area contributed by atoms with E-state index in [1.807, 2.05) is 18.0 Å². The fourth-order valence-electron chi connectivity index (χ4n) is 2.34. The monoisotopic (exact) mass is 312 g/mol. The Morgan fingerprint density at radius 3 is 2.83 bits per heavy atom. The number of hydrogen-bond donors (Lipinski definition) is 1. The first-order valence-corrected chi connectivity index (χ1v) is 7.13. The van der Waals surface area contributed by atoms with Gasteiger partial charge in [0.15, 0.2) is 11.6 Å². The average Bonchev–Trinajstić information content (AvgIpc) is 3.05. The van der Waals surface area contributed by atoms with Crippen molar-refractivity contribution in [2.75, 3.05) is 17.7 Å². The van der Waals surface area contributed by atoms with E-state index in [0.717, 1.165) is 5.56 Å². The summed E-state index contributed by atoms with van der Waals surface area (Å²) in [6.45, 7) is 2.22. The summed E-state index contributed by atoms with van der Waals surface area (Å²) in [7, 11) is 1.85. The summed E-state index contributed by atoms with van der Waals surface area (Å²) in [5.74, 6) is 0.872. The molecule has 6 nitrogen and oxygen atoms in total. The Hall–Kier alpha value is -2.96. The van der Waals surface area contributed by atoms with Gasteiger partial charge in [0.1, 0.15) is 17.8 Å². The molecule has 2 heterocycles. The summed E-state index contributed by atoms with van der Waals surface area (Å²) in [6, 6.07) is 6.97. The molecule has 0 fully saturated rings. The number of anilines is 2. The van der Waals surface area contributed by atoms with E-state index in [1.165, 1.54) is 12.4 Å². The zero-order valence-electron chi connectivity index (χ0n) is 12.9. The second-order valence-electron chi connectivity index (χ2n) is 5.32. The number of nitrogens with two attached hydrogens (primary N) is 1. The van der Waals surface area contributed by atoms with E-state index in [9.17, 15) is 4.39 Å². The molecule has 2 N–H and O–H groups in total. The third-order valence-corrected chi connectivity index (χ3v) is 3.58. The van der Waals surface area contributed by atoms with Crippen molar-refractivity contribution in [3.05, 3.63) is 59.9 Å². The fourth-order valence-corrected chi connectivity index (χ4v) is 2.34. The lowest BCUT2D eigenvalue weighted by molar-refractivity contribution is 0.615. The summed E-state index contributed by atoms with van der Waals surface area (Å²) < 4.78 is 15.3. The number of aromatic nitrogens is 4. The van der Waals surface area contributed by atoms with Crippen molar-refractivity contribution in [2.45, 2.75) is 13.5 Å². The topological polar surface area (TPSA) is 72.9 Å². The van der Waals surface area contributed by atoms with Gasteiger partial charge in [0, 0.05) is 26.0 Å². The highest BCUT2D eigenvalue weighted by Crippen LogP contribution is 2.25. The summed E-state index contributed by atoms with van der Waals surface area (Å²) in [5.41, 5.74) is 8.07. The minimum atomic E-state index is -0.219. The van der Waals surface area contributed by atoms with Crippen LogP contribution >= 0.6 is 0 Å². The Morgan fingerprint density at radius 2 is 2.13 bits per heavy atom. The second kappa shape index (κ2) is 6.04. The highest BCUT2D eigenvalue weighted by Gasteiger charge is 2.14. The van der Waals surface area contributed by atoms with Gasteiger partial charge in [0.05, 0.1) is 0 Å². The van der Waals surface area contributed by atoms with E-state index in [4.69, 9.17) is 5.73 Å². The van der Waals surface area contributed by atoms with Crippen LogP contribution in [0.25, 0.3) is 5.82 Å². The van der Waals surface area contributed by atoms with Gasteiger partial charge in [-0.15, -0.1) is 0 Å². The van der Waals surface area contributed by atoms with E-state index < -0.39 is 0 Å². The minimum absolute atomic E-state index is 0.219. The SMILES string of the molecule is Cc1ccc(CN(C)c2ncnc(-n3cccn3)c2N)cc1F. The van der Waals surface area contributed by atoms with Crippen LogP contribution in [0.3, 0.4) is 0 Å². The molecule has 23 heavy (non-hydrogen) atoms. The van der Waals surface area contributed by atoms with Crippen LogP contribution in [0.1, 0.15) is 11.1 Å². The lowest BCUT2D eigenvalue weighted by Gasteiger charge is -2.21. The zero-order chi connectivity index (χ0) is 16.4. The number of nitrogen functional groups attached to an aromatic ring is 1. The summed E-state index contributed by atoms with van der Waals surface area (Å²) in [4.78, 5) is 10.3. The Labute approximate surface area is 133 Å². The first-order valence-electron chi connectivity index (χ1n) is 7.13. The Morgan fingerprint density at radius 1 is 1.30 bits per heavy atom. The zero-order valence-corrected chi connectivity index (χ0v) is 12.9. The molecule has 0 aliphatic carbocycles. The van der Waals surface area contributed by atoms with Crippen molar-refractivity contribution in [2.24, 2.45) is 0 Å². The molecule has 0 saturated carbocycles. The Kier molecular flexibility index (Phi) is 3.92. The number of rotatable bonds is 4. The number of aryl methyl sites for hydroxylation is 1. The minimum Gasteiger partial charge on any atom is -0.393 e. The maximum absolute atomic E-state index is 13.7. The summed E-state index contributed by atoms with van der Waals surface area (Å²) in [5, 5.41) is 4.13. The smallest absolute Gasteiger partial charge is 0.181 e. The van der Waals surface area contributed by atoms with E-state index in [1.54, 1.807) is 36.1 Å². The van der Waals surface area contributed by atoms with Crippen molar-refractivity contribution in [1.29, 1.82) is 0 Å². The molecule has 0 bridgehead atoms. The van der Waals surface area contributed by atoms with E-state index in [-0.39, 0.29) is 5.82 Å². The molecule has 118 valence electrons. The Bertz CT molecular complexity index is 815. The molecular weight excluding hydrogens is 295 g/mol. The molecule has 0 unspecified atom stereocenters. The quantitative estimate of drug-likeness (QED) is 0.800. The number of nitrogens with zero attached hydrogens (tertiary/aromatic N) is 5. The van der Waals surface area contributed by atoms with Gasteiger partial charge in [0.25, 0.3) is 0 Å². The molecule has 3 aromatic rings. The van der Waals surface area contributed by atoms with E-state index in [2.05, 4.69) is 15.1 Å². The molecule has 7 heteroatoms. The van der Waals surface area contributed by atoms with Gasteiger partial charge in [-0.1, -0.05) is 12.1 Å².